The normalized spacial score (nSPS) is 23.0. The summed E-state index contributed by atoms with van der Waals surface area (Å²) in [5.41, 5.74) is 0. The lowest BCUT2D eigenvalue weighted by atomic mass is 10.2. The van der Waals surface area contributed by atoms with Gasteiger partial charge in [0.1, 0.15) is 0 Å². The standard InChI is InChI=1S/C11H18N2O/c1-3-4-5-8-13-9-6-7-12-10(2)11(13)14/h1,10,12H,4-9H2,2H3. The summed E-state index contributed by atoms with van der Waals surface area (Å²) < 4.78 is 0. The number of carbonyl (C=O) groups is 1. The van der Waals surface area contributed by atoms with Gasteiger partial charge in [-0.25, -0.2) is 0 Å². The van der Waals surface area contributed by atoms with E-state index in [0.717, 1.165) is 38.9 Å². The van der Waals surface area contributed by atoms with Crippen LogP contribution in [-0.4, -0.2) is 36.5 Å². The summed E-state index contributed by atoms with van der Waals surface area (Å²) in [6.07, 6.45) is 7.87. The third-order valence-electron chi connectivity index (χ3n) is 2.49. The van der Waals surface area contributed by atoms with E-state index in [1.165, 1.54) is 0 Å². The van der Waals surface area contributed by atoms with E-state index in [1.807, 2.05) is 11.8 Å². The molecule has 14 heavy (non-hydrogen) atoms. The van der Waals surface area contributed by atoms with Gasteiger partial charge >= 0.3 is 0 Å². The molecule has 1 aliphatic rings. The molecular formula is C11H18N2O. The number of terminal acetylenes is 1. The van der Waals surface area contributed by atoms with Crippen molar-refractivity contribution in [2.24, 2.45) is 0 Å². The lowest BCUT2D eigenvalue weighted by Crippen LogP contribution is -2.41. The van der Waals surface area contributed by atoms with Crippen molar-refractivity contribution in [1.29, 1.82) is 0 Å². The first kappa shape index (κ1) is 11.1. The average molecular weight is 194 g/mol. The van der Waals surface area contributed by atoms with E-state index < -0.39 is 0 Å². The number of unbranched alkanes of at least 4 members (excludes halogenated alkanes) is 1. The molecule has 1 rings (SSSR count). The van der Waals surface area contributed by atoms with Crippen LogP contribution in [0.2, 0.25) is 0 Å². The minimum atomic E-state index is -0.0386. The molecule has 0 bridgehead atoms. The lowest BCUT2D eigenvalue weighted by Gasteiger charge is -2.22. The molecule has 1 atom stereocenters. The molecule has 1 amide bonds. The highest BCUT2D eigenvalue weighted by atomic mass is 16.2. The molecule has 1 saturated heterocycles. The van der Waals surface area contributed by atoms with E-state index >= 15 is 0 Å². The Morgan fingerprint density at radius 1 is 1.71 bits per heavy atom. The third-order valence-corrected chi connectivity index (χ3v) is 2.49. The fourth-order valence-electron chi connectivity index (χ4n) is 1.65. The maximum Gasteiger partial charge on any atom is 0.239 e. The molecule has 3 heteroatoms. The van der Waals surface area contributed by atoms with Gasteiger partial charge in [-0.15, -0.1) is 12.3 Å². The van der Waals surface area contributed by atoms with E-state index in [9.17, 15) is 4.79 Å². The van der Waals surface area contributed by atoms with Crippen LogP contribution < -0.4 is 5.32 Å². The predicted octanol–water partition coefficient (Wildman–Crippen LogP) is 0.610. The molecule has 1 aliphatic heterocycles. The van der Waals surface area contributed by atoms with Crippen LogP contribution in [0, 0.1) is 12.3 Å². The Morgan fingerprint density at radius 3 is 3.21 bits per heavy atom. The Labute approximate surface area is 85.9 Å². The molecule has 0 aromatic carbocycles. The van der Waals surface area contributed by atoms with Gasteiger partial charge < -0.3 is 10.2 Å². The highest BCUT2D eigenvalue weighted by Crippen LogP contribution is 2.04. The van der Waals surface area contributed by atoms with Crippen molar-refractivity contribution >= 4 is 5.91 Å². The number of nitrogens with zero attached hydrogens (tertiary/aromatic N) is 1. The summed E-state index contributed by atoms with van der Waals surface area (Å²) >= 11 is 0. The zero-order valence-electron chi connectivity index (χ0n) is 8.75. The molecule has 1 unspecified atom stereocenters. The van der Waals surface area contributed by atoms with E-state index in [2.05, 4.69) is 11.2 Å². The maximum absolute atomic E-state index is 11.8. The zero-order valence-corrected chi connectivity index (χ0v) is 8.75. The van der Waals surface area contributed by atoms with E-state index in [-0.39, 0.29) is 11.9 Å². The molecular weight excluding hydrogens is 176 g/mol. The van der Waals surface area contributed by atoms with Crippen LogP contribution in [0.4, 0.5) is 0 Å². The van der Waals surface area contributed by atoms with Gasteiger partial charge in [-0.1, -0.05) is 0 Å². The van der Waals surface area contributed by atoms with Crippen LogP contribution >= 0.6 is 0 Å². The van der Waals surface area contributed by atoms with Crippen molar-refractivity contribution in [2.75, 3.05) is 19.6 Å². The number of amides is 1. The van der Waals surface area contributed by atoms with Gasteiger partial charge in [0.15, 0.2) is 0 Å². The third kappa shape index (κ3) is 3.04. The van der Waals surface area contributed by atoms with Crippen LogP contribution in [-0.2, 0) is 4.79 Å². The SMILES string of the molecule is C#CCCCN1CCCNC(C)C1=O. The Hall–Kier alpha value is -1.01. The average Bonchev–Trinajstić information content (AvgIpc) is 2.33. The molecule has 0 aromatic rings. The number of rotatable bonds is 3. The summed E-state index contributed by atoms with van der Waals surface area (Å²) in [5.74, 6) is 2.80. The van der Waals surface area contributed by atoms with Crippen molar-refractivity contribution in [3.63, 3.8) is 0 Å². The minimum Gasteiger partial charge on any atom is -0.341 e. The van der Waals surface area contributed by atoms with Crippen LogP contribution in [0.25, 0.3) is 0 Å². The van der Waals surface area contributed by atoms with Crippen LogP contribution in [0.15, 0.2) is 0 Å². The van der Waals surface area contributed by atoms with Crippen molar-refractivity contribution < 1.29 is 4.79 Å². The van der Waals surface area contributed by atoms with Crippen LogP contribution in [0.1, 0.15) is 26.2 Å². The molecule has 0 aliphatic carbocycles. The molecule has 1 fully saturated rings. The molecule has 78 valence electrons. The molecule has 1 N–H and O–H groups in total. The number of hydrogen-bond donors (Lipinski definition) is 1. The fraction of sp³-hybridized carbons (Fsp3) is 0.727. The van der Waals surface area contributed by atoms with Crippen molar-refractivity contribution in [1.82, 2.24) is 10.2 Å². The van der Waals surface area contributed by atoms with Gasteiger partial charge in [-0.05, 0) is 26.3 Å². The van der Waals surface area contributed by atoms with E-state index in [1.54, 1.807) is 0 Å². The summed E-state index contributed by atoms with van der Waals surface area (Å²) in [6.45, 7) is 4.51. The van der Waals surface area contributed by atoms with E-state index in [4.69, 9.17) is 6.42 Å². The highest BCUT2D eigenvalue weighted by molar-refractivity contribution is 5.81. The van der Waals surface area contributed by atoms with Gasteiger partial charge in [0.2, 0.25) is 5.91 Å². The molecule has 0 spiro atoms. The quantitative estimate of drug-likeness (QED) is 0.527. The van der Waals surface area contributed by atoms with Gasteiger partial charge in [0.25, 0.3) is 0 Å². The Bertz CT molecular complexity index is 232. The second-order valence-corrected chi connectivity index (χ2v) is 3.66. The predicted molar refractivity (Wildman–Crippen MR) is 56.7 cm³/mol. The van der Waals surface area contributed by atoms with Gasteiger partial charge in [0.05, 0.1) is 6.04 Å². The van der Waals surface area contributed by atoms with Gasteiger partial charge in [-0.3, -0.25) is 4.79 Å². The Kier molecular flexibility index (Phi) is 4.48. The van der Waals surface area contributed by atoms with Gasteiger partial charge in [0, 0.05) is 19.5 Å². The van der Waals surface area contributed by atoms with Crippen molar-refractivity contribution in [3.8, 4) is 12.3 Å². The summed E-state index contributed by atoms with van der Waals surface area (Å²) in [5, 5.41) is 3.18. The molecule has 1 heterocycles. The summed E-state index contributed by atoms with van der Waals surface area (Å²) in [6, 6.07) is -0.0386. The Balaban J connectivity index is 2.40. The maximum atomic E-state index is 11.8. The summed E-state index contributed by atoms with van der Waals surface area (Å²) in [7, 11) is 0. The molecule has 0 radical (unpaired) electrons. The molecule has 0 aromatic heterocycles. The fourth-order valence-corrected chi connectivity index (χ4v) is 1.65. The largest absolute Gasteiger partial charge is 0.341 e. The Morgan fingerprint density at radius 2 is 2.50 bits per heavy atom. The first-order valence-electron chi connectivity index (χ1n) is 5.21. The monoisotopic (exact) mass is 194 g/mol. The first-order chi connectivity index (χ1) is 6.75. The molecule has 0 saturated carbocycles. The smallest absolute Gasteiger partial charge is 0.239 e. The van der Waals surface area contributed by atoms with Crippen LogP contribution in [0.3, 0.4) is 0 Å². The second kappa shape index (κ2) is 5.66. The van der Waals surface area contributed by atoms with Crippen molar-refractivity contribution in [3.05, 3.63) is 0 Å². The van der Waals surface area contributed by atoms with Crippen molar-refractivity contribution in [2.45, 2.75) is 32.2 Å². The lowest BCUT2D eigenvalue weighted by molar-refractivity contribution is -0.132. The topological polar surface area (TPSA) is 32.3 Å². The number of carbonyl (C=O) groups excluding carboxylic acids is 1. The van der Waals surface area contributed by atoms with Crippen LogP contribution in [0.5, 0.6) is 0 Å². The zero-order chi connectivity index (χ0) is 10.4. The number of hydrogen-bond acceptors (Lipinski definition) is 2. The minimum absolute atomic E-state index is 0.0386. The highest BCUT2D eigenvalue weighted by Gasteiger charge is 2.21. The van der Waals surface area contributed by atoms with E-state index in [0.29, 0.717) is 0 Å². The van der Waals surface area contributed by atoms with Gasteiger partial charge in [-0.2, -0.15) is 0 Å². The summed E-state index contributed by atoms with van der Waals surface area (Å²) in [4.78, 5) is 13.7. The molecule has 3 nitrogen and oxygen atoms in total. The number of nitrogens with one attached hydrogen (secondary N) is 1. The second-order valence-electron chi connectivity index (χ2n) is 3.66. The first-order valence-corrected chi connectivity index (χ1v) is 5.21.